The molecule has 0 aliphatic carbocycles. The molecule has 2 aromatic rings. The van der Waals surface area contributed by atoms with Gasteiger partial charge in [0.2, 0.25) is 0 Å². The predicted molar refractivity (Wildman–Crippen MR) is 62.9 cm³/mol. The zero-order valence-corrected chi connectivity index (χ0v) is 10.4. The molecule has 0 bridgehead atoms. The molecule has 0 saturated heterocycles. The van der Waals surface area contributed by atoms with E-state index in [4.69, 9.17) is 0 Å². The third-order valence-electron chi connectivity index (χ3n) is 1.69. The summed E-state index contributed by atoms with van der Waals surface area (Å²) in [6.45, 7) is 7.44. The van der Waals surface area contributed by atoms with E-state index in [9.17, 15) is 0 Å². The van der Waals surface area contributed by atoms with E-state index in [1.54, 1.807) is 0 Å². The van der Waals surface area contributed by atoms with E-state index in [-0.39, 0.29) is 37.4 Å². The van der Waals surface area contributed by atoms with Crippen molar-refractivity contribution in [2.75, 3.05) is 0 Å². The van der Waals surface area contributed by atoms with Crippen molar-refractivity contribution in [3.8, 4) is 0 Å². The van der Waals surface area contributed by atoms with Gasteiger partial charge in [-0.25, -0.2) is 0 Å². The van der Waals surface area contributed by atoms with Crippen molar-refractivity contribution in [1.29, 1.82) is 0 Å². The Morgan fingerprint density at radius 2 is 0.875 bits per heavy atom. The second-order valence-corrected chi connectivity index (χ2v) is 2.97. The Bertz CT molecular complexity index is 314. The zero-order valence-electron chi connectivity index (χ0n) is 10.5. The van der Waals surface area contributed by atoms with Crippen LogP contribution in [0.2, 0.25) is 0 Å². The Balaban J connectivity index is -0.000000196. The molecule has 0 unspecified atom stereocenters. The van der Waals surface area contributed by atoms with Crippen LogP contribution in [0.3, 0.4) is 0 Å². The van der Waals surface area contributed by atoms with Gasteiger partial charge in [-0.3, -0.25) is 0 Å². The van der Waals surface area contributed by atoms with Crippen molar-refractivity contribution >= 4 is 0 Å². The average Bonchev–Trinajstić information content (AvgIpc) is 2.21. The predicted octanol–water partition coefficient (Wildman–Crippen LogP) is 0.852. The van der Waals surface area contributed by atoms with Gasteiger partial charge in [0, 0.05) is 0 Å². The standard InChI is InChI=1S/2C7H7.Cu.Li.H/c2*1-7-5-3-2-4-6-7;;;/h2*2-6H,1H2;;;/q2*-1;+2;+1;-1. The minimum atomic E-state index is 0. The topological polar surface area (TPSA) is 0 Å². The first-order valence-electron chi connectivity index (χ1n) is 4.53. The van der Waals surface area contributed by atoms with Crippen LogP contribution in [0.4, 0.5) is 0 Å². The van der Waals surface area contributed by atoms with Gasteiger partial charge in [-0.2, -0.15) is 49.2 Å². The smallest absolute Gasteiger partial charge is 1.00 e. The fourth-order valence-corrected chi connectivity index (χ4v) is 0.956. The second-order valence-electron chi connectivity index (χ2n) is 2.97. The van der Waals surface area contributed by atoms with Crippen LogP contribution in [0, 0.1) is 13.8 Å². The molecule has 0 fully saturated rings. The average molecular weight is 254 g/mol. The summed E-state index contributed by atoms with van der Waals surface area (Å²) in [4.78, 5) is 0. The third-order valence-corrected chi connectivity index (χ3v) is 1.69. The molecule has 0 atom stereocenters. The van der Waals surface area contributed by atoms with Crippen molar-refractivity contribution in [3.63, 3.8) is 0 Å². The van der Waals surface area contributed by atoms with Crippen LogP contribution >= 0.6 is 0 Å². The summed E-state index contributed by atoms with van der Waals surface area (Å²) in [5, 5.41) is 0. The first-order chi connectivity index (χ1) is 6.79. The molecule has 0 aliphatic heterocycles. The molecule has 0 aromatic heterocycles. The van der Waals surface area contributed by atoms with Gasteiger partial charge in [0.25, 0.3) is 0 Å². The molecule has 0 spiro atoms. The summed E-state index contributed by atoms with van der Waals surface area (Å²) >= 11 is 0. The maximum Gasteiger partial charge on any atom is 2.00 e. The molecule has 0 nitrogen and oxygen atoms in total. The van der Waals surface area contributed by atoms with Gasteiger partial charge in [0.1, 0.15) is 0 Å². The Morgan fingerprint density at radius 1 is 0.625 bits per heavy atom. The van der Waals surface area contributed by atoms with Gasteiger partial charge in [0.05, 0.1) is 0 Å². The quantitative estimate of drug-likeness (QED) is 0.483. The summed E-state index contributed by atoms with van der Waals surface area (Å²) in [6.07, 6.45) is 0. The van der Waals surface area contributed by atoms with E-state index in [0.717, 1.165) is 11.1 Å². The molecule has 2 rings (SSSR count). The molecule has 16 heavy (non-hydrogen) atoms. The first kappa shape index (κ1) is 17.7. The maximum atomic E-state index is 3.72. The van der Waals surface area contributed by atoms with E-state index >= 15 is 0 Å². The Labute approximate surface area is 123 Å². The monoisotopic (exact) mass is 253 g/mol. The van der Waals surface area contributed by atoms with Crippen LogP contribution in [0.1, 0.15) is 12.6 Å². The van der Waals surface area contributed by atoms with Crippen LogP contribution in [0.15, 0.2) is 60.7 Å². The summed E-state index contributed by atoms with van der Waals surface area (Å²) in [7, 11) is 0. The maximum absolute atomic E-state index is 3.72. The van der Waals surface area contributed by atoms with Crippen molar-refractivity contribution < 1.29 is 37.4 Å². The SMILES string of the molecule is [CH2-]c1ccccc1.[CH2-]c1ccccc1.[Cu+2].[H-].[Li+]. The van der Waals surface area contributed by atoms with Gasteiger partial charge in [-0.05, 0) is 0 Å². The number of hydrogen-bond donors (Lipinski definition) is 0. The molecule has 0 saturated carbocycles. The van der Waals surface area contributed by atoms with Crippen molar-refractivity contribution in [1.82, 2.24) is 0 Å². The Kier molecular flexibility index (Phi) is 11.9. The molecular formula is C14H15CuLi. The second kappa shape index (κ2) is 10.8. The van der Waals surface area contributed by atoms with Crippen LogP contribution < -0.4 is 18.9 Å². The van der Waals surface area contributed by atoms with Crippen molar-refractivity contribution in [3.05, 3.63) is 85.6 Å². The Hall–Kier alpha value is -0.703. The zero-order chi connectivity index (χ0) is 10.2. The van der Waals surface area contributed by atoms with Crippen LogP contribution in [0.25, 0.3) is 0 Å². The van der Waals surface area contributed by atoms with Gasteiger partial charge in [0.15, 0.2) is 0 Å². The molecule has 0 heterocycles. The Morgan fingerprint density at radius 3 is 1.00 bits per heavy atom. The van der Waals surface area contributed by atoms with E-state index in [1.165, 1.54) is 0 Å². The van der Waals surface area contributed by atoms with E-state index in [2.05, 4.69) is 13.8 Å². The van der Waals surface area contributed by atoms with E-state index in [0.29, 0.717) is 0 Å². The molecule has 1 radical (unpaired) electrons. The summed E-state index contributed by atoms with van der Waals surface area (Å²) in [6, 6.07) is 19.7. The molecule has 0 N–H and O–H groups in total. The van der Waals surface area contributed by atoms with Crippen LogP contribution in [-0.2, 0) is 17.1 Å². The van der Waals surface area contributed by atoms with Crippen LogP contribution in [0.5, 0.6) is 0 Å². The fourth-order valence-electron chi connectivity index (χ4n) is 0.956. The number of hydrogen-bond acceptors (Lipinski definition) is 0. The first-order valence-corrected chi connectivity index (χ1v) is 4.53. The molecular weight excluding hydrogens is 239 g/mol. The molecule has 0 amide bonds. The van der Waals surface area contributed by atoms with E-state index < -0.39 is 0 Å². The fraction of sp³-hybridized carbons (Fsp3) is 0. The third kappa shape index (κ3) is 8.59. The summed E-state index contributed by atoms with van der Waals surface area (Å²) in [5.41, 5.74) is 2.14. The largest absolute Gasteiger partial charge is 2.00 e. The number of rotatable bonds is 0. The minimum absolute atomic E-state index is 0. The van der Waals surface area contributed by atoms with Gasteiger partial charge >= 0.3 is 35.9 Å². The summed E-state index contributed by atoms with van der Waals surface area (Å²) < 4.78 is 0. The van der Waals surface area contributed by atoms with Crippen LogP contribution in [-0.4, -0.2) is 0 Å². The van der Waals surface area contributed by atoms with Crippen molar-refractivity contribution in [2.24, 2.45) is 0 Å². The summed E-state index contributed by atoms with van der Waals surface area (Å²) in [5.74, 6) is 0. The van der Waals surface area contributed by atoms with Gasteiger partial charge < -0.3 is 1.43 Å². The van der Waals surface area contributed by atoms with E-state index in [1.807, 2.05) is 60.7 Å². The molecule has 83 valence electrons. The molecule has 2 heteroatoms. The molecule has 2 aromatic carbocycles. The van der Waals surface area contributed by atoms with Gasteiger partial charge in [-0.1, -0.05) is 12.1 Å². The van der Waals surface area contributed by atoms with Crippen molar-refractivity contribution in [2.45, 2.75) is 0 Å². The normalized spacial score (nSPS) is 7.50. The number of benzene rings is 2. The molecule has 0 aliphatic rings. The minimum Gasteiger partial charge on any atom is -1.00 e. The van der Waals surface area contributed by atoms with Gasteiger partial charge in [-0.15, -0.1) is 24.3 Å².